The molecule has 18 heavy (non-hydrogen) atoms. The Morgan fingerprint density at radius 3 is 2.72 bits per heavy atom. The summed E-state index contributed by atoms with van der Waals surface area (Å²) in [5.74, 6) is 0. The third-order valence-corrected chi connectivity index (χ3v) is 3.66. The van der Waals surface area contributed by atoms with Gasteiger partial charge in [0.1, 0.15) is 0 Å². The molecule has 0 saturated heterocycles. The Morgan fingerprint density at radius 1 is 1.39 bits per heavy atom. The van der Waals surface area contributed by atoms with Crippen LogP contribution < -0.4 is 0 Å². The molecule has 100 valence electrons. The summed E-state index contributed by atoms with van der Waals surface area (Å²) in [6, 6.07) is 0. The van der Waals surface area contributed by atoms with Crippen LogP contribution in [0.3, 0.4) is 0 Å². The van der Waals surface area contributed by atoms with Gasteiger partial charge in [0.05, 0.1) is 6.61 Å². The van der Waals surface area contributed by atoms with Crippen molar-refractivity contribution in [3.8, 4) is 0 Å². The van der Waals surface area contributed by atoms with Crippen LogP contribution in [-0.4, -0.2) is 11.7 Å². The zero-order valence-electron chi connectivity index (χ0n) is 12.2. The van der Waals surface area contributed by atoms with Crippen molar-refractivity contribution in [2.24, 2.45) is 5.41 Å². The molecular formula is C17H26O. The molecule has 0 unspecified atom stereocenters. The van der Waals surface area contributed by atoms with Crippen LogP contribution in [0.5, 0.6) is 0 Å². The van der Waals surface area contributed by atoms with Crippen LogP contribution in [0.4, 0.5) is 0 Å². The van der Waals surface area contributed by atoms with Gasteiger partial charge in [-0.05, 0) is 44.1 Å². The standard InChI is InChI=1S/C17H26O/c1-14(8-5-6-13-18)10-11-16-15(2)9-7-12-17(16,3)4/h5-6,8,10-11,18H,7,9,12-13H2,1-4H3/b6-5+,11-10+,14-8-. The van der Waals surface area contributed by atoms with Gasteiger partial charge in [0.25, 0.3) is 0 Å². The molecule has 0 aromatic carbocycles. The molecule has 0 aromatic heterocycles. The molecule has 0 saturated carbocycles. The van der Waals surface area contributed by atoms with E-state index in [4.69, 9.17) is 5.11 Å². The van der Waals surface area contributed by atoms with Gasteiger partial charge in [0.15, 0.2) is 0 Å². The molecule has 0 fully saturated rings. The van der Waals surface area contributed by atoms with Crippen LogP contribution in [0.2, 0.25) is 0 Å². The first-order chi connectivity index (χ1) is 8.47. The molecule has 0 heterocycles. The molecule has 0 spiro atoms. The fourth-order valence-corrected chi connectivity index (χ4v) is 2.56. The summed E-state index contributed by atoms with van der Waals surface area (Å²) >= 11 is 0. The lowest BCUT2D eigenvalue weighted by molar-refractivity contribution is 0.343. The highest BCUT2D eigenvalue weighted by atomic mass is 16.2. The second kappa shape index (κ2) is 6.75. The van der Waals surface area contributed by atoms with E-state index in [9.17, 15) is 0 Å². The van der Waals surface area contributed by atoms with Gasteiger partial charge in [0, 0.05) is 0 Å². The maximum atomic E-state index is 8.67. The first-order valence-corrected chi connectivity index (χ1v) is 6.80. The van der Waals surface area contributed by atoms with Gasteiger partial charge >= 0.3 is 0 Å². The lowest BCUT2D eigenvalue weighted by atomic mass is 9.72. The van der Waals surface area contributed by atoms with Gasteiger partial charge < -0.3 is 5.11 Å². The van der Waals surface area contributed by atoms with E-state index in [0.29, 0.717) is 5.41 Å². The predicted octanol–water partition coefficient (Wildman–Crippen LogP) is 4.56. The van der Waals surface area contributed by atoms with E-state index in [1.54, 1.807) is 6.08 Å². The molecule has 1 N–H and O–H groups in total. The molecule has 0 amide bonds. The molecule has 1 aliphatic rings. The normalized spacial score (nSPS) is 21.3. The highest BCUT2D eigenvalue weighted by Gasteiger charge is 2.26. The van der Waals surface area contributed by atoms with Crippen molar-refractivity contribution in [2.45, 2.75) is 47.0 Å². The number of rotatable bonds is 4. The van der Waals surface area contributed by atoms with Crippen molar-refractivity contribution in [1.29, 1.82) is 0 Å². The highest BCUT2D eigenvalue weighted by Crippen LogP contribution is 2.40. The van der Waals surface area contributed by atoms with Crippen molar-refractivity contribution >= 4 is 0 Å². The molecule has 0 bridgehead atoms. The highest BCUT2D eigenvalue weighted by molar-refractivity contribution is 5.36. The van der Waals surface area contributed by atoms with Gasteiger partial charge in [-0.2, -0.15) is 0 Å². The fraction of sp³-hybridized carbons (Fsp3) is 0.529. The Kier molecular flexibility index (Phi) is 5.61. The summed E-state index contributed by atoms with van der Waals surface area (Å²) in [6.45, 7) is 9.11. The van der Waals surface area contributed by atoms with E-state index in [-0.39, 0.29) is 6.61 Å². The maximum absolute atomic E-state index is 8.67. The summed E-state index contributed by atoms with van der Waals surface area (Å²) in [7, 11) is 0. The van der Waals surface area contributed by atoms with E-state index in [1.165, 1.54) is 36.0 Å². The molecule has 0 atom stereocenters. The van der Waals surface area contributed by atoms with Crippen LogP contribution in [0.15, 0.2) is 47.1 Å². The van der Waals surface area contributed by atoms with Crippen LogP contribution in [-0.2, 0) is 0 Å². The minimum atomic E-state index is 0.102. The van der Waals surface area contributed by atoms with Gasteiger partial charge in [-0.25, -0.2) is 0 Å². The summed E-state index contributed by atoms with van der Waals surface area (Å²) in [5.41, 5.74) is 4.54. The second-order valence-electron chi connectivity index (χ2n) is 5.79. The van der Waals surface area contributed by atoms with Crippen molar-refractivity contribution < 1.29 is 5.11 Å². The lowest BCUT2D eigenvalue weighted by Crippen LogP contribution is -2.19. The van der Waals surface area contributed by atoms with Gasteiger partial charge in [-0.1, -0.05) is 55.4 Å². The largest absolute Gasteiger partial charge is 0.392 e. The van der Waals surface area contributed by atoms with E-state index in [1.807, 2.05) is 12.2 Å². The average Bonchev–Trinajstić information content (AvgIpc) is 2.28. The van der Waals surface area contributed by atoms with Gasteiger partial charge in [0.2, 0.25) is 0 Å². The fourth-order valence-electron chi connectivity index (χ4n) is 2.56. The zero-order valence-corrected chi connectivity index (χ0v) is 12.2. The monoisotopic (exact) mass is 246 g/mol. The number of aliphatic hydroxyl groups excluding tert-OH is 1. The third-order valence-electron chi connectivity index (χ3n) is 3.66. The Labute approximate surface area is 112 Å². The van der Waals surface area contributed by atoms with Crippen LogP contribution in [0, 0.1) is 5.41 Å². The maximum Gasteiger partial charge on any atom is 0.0615 e. The first kappa shape index (κ1) is 15.0. The molecule has 1 rings (SSSR count). The Bertz CT molecular complexity index is 392. The molecule has 0 aliphatic heterocycles. The summed E-state index contributed by atoms with van der Waals surface area (Å²) in [6.07, 6.45) is 13.9. The molecule has 1 aliphatic carbocycles. The summed E-state index contributed by atoms with van der Waals surface area (Å²) in [4.78, 5) is 0. The van der Waals surface area contributed by atoms with E-state index in [0.717, 1.165) is 0 Å². The zero-order chi connectivity index (χ0) is 13.6. The first-order valence-electron chi connectivity index (χ1n) is 6.80. The quantitative estimate of drug-likeness (QED) is 0.721. The Morgan fingerprint density at radius 2 is 2.11 bits per heavy atom. The average molecular weight is 246 g/mol. The van der Waals surface area contributed by atoms with Crippen molar-refractivity contribution in [1.82, 2.24) is 0 Å². The molecule has 1 nitrogen and oxygen atoms in total. The summed E-state index contributed by atoms with van der Waals surface area (Å²) < 4.78 is 0. The lowest BCUT2D eigenvalue weighted by Gasteiger charge is -2.32. The Hall–Kier alpha value is -1.08. The van der Waals surface area contributed by atoms with Gasteiger partial charge in [-0.15, -0.1) is 0 Å². The SMILES string of the molecule is CC1=C(/C=C/C(C)=C\C=C\CO)C(C)(C)CCC1. The van der Waals surface area contributed by atoms with E-state index in [2.05, 4.69) is 39.8 Å². The number of hydrogen-bond donors (Lipinski definition) is 1. The minimum Gasteiger partial charge on any atom is -0.392 e. The van der Waals surface area contributed by atoms with Crippen molar-refractivity contribution in [3.63, 3.8) is 0 Å². The van der Waals surface area contributed by atoms with E-state index >= 15 is 0 Å². The molecule has 1 heteroatoms. The van der Waals surface area contributed by atoms with Gasteiger partial charge in [-0.3, -0.25) is 0 Å². The topological polar surface area (TPSA) is 20.2 Å². The van der Waals surface area contributed by atoms with Crippen LogP contribution in [0.25, 0.3) is 0 Å². The smallest absolute Gasteiger partial charge is 0.0615 e. The second-order valence-corrected chi connectivity index (χ2v) is 5.79. The number of hydrogen-bond acceptors (Lipinski definition) is 1. The van der Waals surface area contributed by atoms with Crippen molar-refractivity contribution in [2.75, 3.05) is 6.61 Å². The van der Waals surface area contributed by atoms with Crippen LogP contribution >= 0.6 is 0 Å². The predicted molar refractivity (Wildman–Crippen MR) is 79.5 cm³/mol. The van der Waals surface area contributed by atoms with Crippen LogP contribution in [0.1, 0.15) is 47.0 Å². The molecule has 0 radical (unpaired) electrons. The van der Waals surface area contributed by atoms with Crippen molar-refractivity contribution in [3.05, 3.63) is 47.1 Å². The number of aliphatic hydroxyl groups is 1. The Balaban J connectivity index is 2.82. The minimum absolute atomic E-state index is 0.102. The molecule has 0 aromatic rings. The summed E-state index contributed by atoms with van der Waals surface area (Å²) in [5, 5.41) is 8.67. The molecular weight excluding hydrogens is 220 g/mol. The number of allylic oxidation sites excluding steroid dienone is 7. The third kappa shape index (κ3) is 4.30. The van der Waals surface area contributed by atoms with E-state index < -0.39 is 0 Å².